The summed E-state index contributed by atoms with van der Waals surface area (Å²) in [6.45, 7) is 6.62. The van der Waals surface area contributed by atoms with E-state index in [0.717, 1.165) is 10.4 Å². The van der Waals surface area contributed by atoms with Gasteiger partial charge in [0.05, 0.1) is 11.6 Å². The lowest BCUT2D eigenvalue weighted by atomic mass is 10.2. The van der Waals surface area contributed by atoms with Gasteiger partial charge in [0.25, 0.3) is 0 Å². The second-order valence-electron chi connectivity index (χ2n) is 7.48. The summed E-state index contributed by atoms with van der Waals surface area (Å²) in [6, 6.07) is 17.2. The Hall–Kier alpha value is -3.16. The zero-order valence-electron chi connectivity index (χ0n) is 18.3. The Morgan fingerprint density at radius 3 is 2.48 bits per heavy atom. The lowest BCUT2D eigenvalue weighted by molar-refractivity contribution is -0.132. The fraction of sp³-hybridized carbons (Fsp3) is 0.200. The van der Waals surface area contributed by atoms with E-state index in [2.05, 4.69) is 11.9 Å². The quantitative estimate of drug-likeness (QED) is 0.372. The van der Waals surface area contributed by atoms with E-state index in [9.17, 15) is 14.0 Å². The summed E-state index contributed by atoms with van der Waals surface area (Å²) in [7, 11) is 0. The molecule has 0 aliphatic heterocycles. The van der Waals surface area contributed by atoms with Gasteiger partial charge in [0.1, 0.15) is 12.4 Å². The van der Waals surface area contributed by atoms with Crippen molar-refractivity contribution in [3.8, 4) is 0 Å². The van der Waals surface area contributed by atoms with E-state index in [1.165, 1.54) is 28.0 Å². The average Bonchev–Trinajstić information content (AvgIpc) is 3.20. The Labute approximate surface area is 202 Å². The SMILES string of the molecule is C=CCN(CC(=O)N(Cc1ccccc1)Cc1ccc(C)s1)C(=O)Nc1ccc(F)c(Cl)c1. The standard InChI is InChI=1S/C25H25ClFN3O2S/c1-3-13-29(25(32)28-20-10-12-23(27)22(26)14-20)17-24(31)30(15-19-7-5-4-6-8-19)16-21-11-9-18(2)33-21/h3-12,14H,1,13,15-17H2,2H3,(H,28,32). The van der Waals surface area contributed by atoms with Gasteiger partial charge < -0.3 is 15.1 Å². The van der Waals surface area contributed by atoms with Crippen molar-refractivity contribution >= 4 is 40.6 Å². The molecule has 1 N–H and O–H groups in total. The lowest BCUT2D eigenvalue weighted by Crippen LogP contribution is -2.44. The molecule has 0 saturated carbocycles. The summed E-state index contributed by atoms with van der Waals surface area (Å²) in [5, 5.41) is 2.56. The van der Waals surface area contributed by atoms with Crippen LogP contribution in [0.15, 0.2) is 73.3 Å². The highest BCUT2D eigenvalue weighted by Crippen LogP contribution is 2.21. The van der Waals surface area contributed by atoms with Crippen molar-refractivity contribution in [3.63, 3.8) is 0 Å². The maximum atomic E-state index is 13.4. The number of thiophene rings is 1. The summed E-state index contributed by atoms with van der Waals surface area (Å²) in [5.74, 6) is -0.771. The number of hydrogen-bond acceptors (Lipinski definition) is 3. The fourth-order valence-electron chi connectivity index (χ4n) is 3.21. The van der Waals surface area contributed by atoms with Crippen LogP contribution in [0.3, 0.4) is 0 Å². The molecular formula is C25H25ClFN3O2S. The molecule has 0 aliphatic rings. The minimum Gasteiger partial charge on any atom is -0.332 e. The number of nitrogens with zero attached hydrogens (tertiary/aromatic N) is 2. The zero-order valence-corrected chi connectivity index (χ0v) is 19.8. The fourth-order valence-corrected chi connectivity index (χ4v) is 4.30. The summed E-state index contributed by atoms with van der Waals surface area (Å²) >= 11 is 7.44. The van der Waals surface area contributed by atoms with Gasteiger partial charge in [-0.25, -0.2) is 9.18 Å². The van der Waals surface area contributed by atoms with Gasteiger partial charge >= 0.3 is 6.03 Å². The molecule has 0 unspecified atom stereocenters. The van der Waals surface area contributed by atoms with Crippen LogP contribution in [0.5, 0.6) is 0 Å². The number of urea groups is 1. The second kappa shape index (κ2) is 11.6. The van der Waals surface area contributed by atoms with Gasteiger partial charge in [0.15, 0.2) is 0 Å². The average molecular weight is 486 g/mol. The molecule has 2 aromatic carbocycles. The molecule has 33 heavy (non-hydrogen) atoms. The van der Waals surface area contributed by atoms with Crippen LogP contribution < -0.4 is 5.32 Å². The molecule has 0 fully saturated rings. The van der Waals surface area contributed by atoms with Crippen LogP contribution in [0.25, 0.3) is 0 Å². The second-order valence-corrected chi connectivity index (χ2v) is 9.26. The van der Waals surface area contributed by atoms with Gasteiger partial charge in [-0.1, -0.05) is 48.0 Å². The van der Waals surface area contributed by atoms with Crippen LogP contribution in [0, 0.1) is 12.7 Å². The Morgan fingerprint density at radius 2 is 1.85 bits per heavy atom. The van der Waals surface area contributed by atoms with E-state index in [4.69, 9.17) is 11.6 Å². The van der Waals surface area contributed by atoms with E-state index < -0.39 is 11.8 Å². The highest BCUT2D eigenvalue weighted by molar-refractivity contribution is 7.11. The molecule has 0 bridgehead atoms. The molecule has 3 aromatic rings. The molecule has 0 radical (unpaired) electrons. The molecule has 0 atom stereocenters. The summed E-state index contributed by atoms with van der Waals surface area (Å²) in [6.07, 6.45) is 1.55. The molecule has 3 amide bonds. The Balaban J connectivity index is 1.74. The van der Waals surface area contributed by atoms with E-state index >= 15 is 0 Å². The smallest absolute Gasteiger partial charge is 0.322 e. The van der Waals surface area contributed by atoms with Crippen molar-refractivity contribution in [2.45, 2.75) is 20.0 Å². The molecule has 5 nitrogen and oxygen atoms in total. The summed E-state index contributed by atoms with van der Waals surface area (Å²) in [5.41, 5.74) is 1.34. The molecule has 8 heteroatoms. The van der Waals surface area contributed by atoms with Crippen LogP contribution in [0.1, 0.15) is 15.3 Å². The Kier molecular flexibility index (Phi) is 8.63. The molecule has 3 rings (SSSR count). The van der Waals surface area contributed by atoms with Crippen LogP contribution in [0.2, 0.25) is 5.02 Å². The Morgan fingerprint density at radius 1 is 1.09 bits per heavy atom. The minimum absolute atomic E-state index is 0.0978. The molecule has 0 aliphatic carbocycles. The van der Waals surface area contributed by atoms with Crippen molar-refractivity contribution in [1.82, 2.24) is 9.80 Å². The first-order chi connectivity index (χ1) is 15.9. The predicted octanol–water partition coefficient (Wildman–Crippen LogP) is 6.10. The number of aryl methyl sites for hydroxylation is 1. The third kappa shape index (κ3) is 7.17. The normalized spacial score (nSPS) is 10.5. The van der Waals surface area contributed by atoms with Gasteiger partial charge in [-0.3, -0.25) is 4.79 Å². The van der Waals surface area contributed by atoms with Crippen LogP contribution in [0.4, 0.5) is 14.9 Å². The van der Waals surface area contributed by atoms with Crippen LogP contribution in [-0.4, -0.2) is 34.8 Å². The Bertz CT molecular complexity index is 1120. The first kappa shape index (κ1) is 24.5. The van der Waals surface area contributed by atoms with E-state index in [0.29, 0.717) is 18.8 Å². The van der Waals surface area contributed by atoms with E-state index in [-0.39, 0.29) is 24.0 Å². The number of carbonyl (C=O) groups is 2. The van der Waals surface area contributed by atoms with Gasteiger partial charge in [0.2, 0.25) is 5.91 Å². The molecule has 172 valence electrons. The first-order valence-electron chi connectivity index (χ1n) is 10.3. The van der Waals surface area contributed by atoms with Crippen molar-refractivity contribution in [3.05, 3.63) is 99.5 Å². The van der Waals surface area contributed by atoms with Gasteiger partial charge in [-0.05, 0) is 42.8 Å². The van der Waals surface area contributed by atoms with E-state index in [1.807, 2.05) is 49.4 Å². The van der Waals surface area contributed by atoms with Crippen LogP contribution >= 0.6 is 22.9 Å². The van der Waals surface area contributed by atoms with Gasteiger partial charge in [-0.2, -0.15) is 0 Å². The number of benzene rings is 2. The largest absolute Gasteiger partial charge is 0.332 e. The molecular weight excluding hydrogens is 461 g/mol. The highest BCUT2D eigenvalue weighted by atomic mass is 35.5. The molecule has 1 aromatic heterocycles. The number of hydrogen-bond donors (Lipinski definition) is 1. The van der Waals surface area contributed by atoms with Gasteiger partial charge in [-0.15, -0.1) is 17.9 Å². The number of carbonyl (C=O) groups excluding carboxylic acids is 2. The third-order valence-corrected chi connectivity index (χ3v) is 6.12. The van der Waals surface area contributed by atoms with Gasteiger partial charge in [0, 0.05) is 28.5 Å². The number of amides is 3. The third-order valence-electron chi connectivity index (χ3n) is 4.85. The van der Waals surface area contributed by atoms with E-state index in [1.54, 1.807) is 22.3 Å². The van der Waals surface area contributed by atoms with Crippen molar-refractivity contribution in [2.75, 3.05) is 18.4 Å². The summed E-state index contributed by atoms with van der Waals surface area (Å²) in [4.78, 5) is 31.5. The summed E-state index contributed by atoms with van der Waals surface area (Å²) < 4.78 is 13.4. The number of rotatable bonds is 9. The van der Waals surface area contributed by atoms with Crippen molar-refractivity contribution in [1.29, 1.82) is 0 Å². The number of halogens is 2. The maximum absolute atomic E-state index is 13.4. The monoisotopic (exact) mass is 485 g/mol. The first-order valence-corrected chi connectivity index (χ1v) is 11.5. The van der Waals surface area contributed by atoms with Crippen LogP contribution in [-0.2, 0) is 17.9 Å². The lowest BCUT2D eigenvalue weighted by Gasteiger charge is -2.27. The molecule has 1 heterocycles. The topological polar surface area (TPSA) is 52.7 Å². The highest BCUT2D eigenvalue weighted by Gasteiger charge is 2.22. The predicted molar refractivity (Wildman–Crippen MR) is 132 cm³/mol. The van der Waals surface area contributed by atoms with Crippen molar-refractivity contribution in [2.24, 2.45) is 0 Å². The molecule has 0 saturated heterocycles. The minimum atomic E-state index is -0.576. The zero-order chi connectivity index (χ0) is 23.8. The van der Waals surface area contributed by atoms with Crippen molar-refractivity contribution < 1.29 is 14.0 Å². The maximum Gasteiger partial charge on any atom is 0.322 e. The number of anilines is 1. The molecule has 0 spiro atoms. The number of nitrogens with one attached hydrogen (secondary N) is 1.